The second-order valence-electron chi connectivity index (χ2n) is 5.99. The van der Waals surface area contributed by atoms with E-state index in [2.05, 4.69) is 5.32 Å². The average molecular weight is 387 g/mol. The van der Waals surface area contributed by atoms with Gasteiger partial charge < -0.3 is 24.3 Å². The molecule has 28 heavy (non-hydrogen) atoms. The van der Waals surface area contributed by atoms with Gasteiger partial charge in [0.2, 0.25) is 5.91 Å². The van der Waals surface area contributed by atoms with Crippen LogP contribution in [0.5, 0.6) is 17.2 Å². The third kappa shape index (κ3) is 5.39. The van der Waals surface area contributed by atoms with Crippen LogP contribution in [-0.2, 0) is 22.5 Å². The molecule has 150 valence electrons. The van der Waals surface area contributed by atoms with Crippen molar-refractivity contribution in [3.8, 4) is 17.2 Å². The lowest BCUT2D eigenvalue weighted by molar-refractivity contribution is -0.121. The van der Waals surface area contributed by atoms with Crippen molar-refractivity contribution < 1.29 is 28.5 Å². The zero-order valence-corrected chi connectivity index (χ0v) is 16.5. The van der Waals surface area contributed by atoms with Crippen LogP contribution in [0.25, 0.3) is 0 Å². The first kappa shape index (κ1) is 21.1. The zero-order valence-electron chi connectivity index (χ0n) is 16.5. The molecule has 0 aromatic heterocycles. The highest BCUT2D eigenvalue weighted by atomic mass is 16.5. The Morgan fingerprint density at radius 3 is 2.11 bits per heavy atom. The largest absolute Gasteiger partial charge is 0.496 e. The summed E-state index contributed by atoms with van der Waals surface area (Å²) in [5.74, 6) is 1.13. The molecule has 0 fully saturated rings. The van der Waals surface area contributed by atoms with Gasteiger partial charge in [-0.15, -0.1) is 0 Å². The molecule has 0 bridgehead atoms. The maximum Gasteiger partial charge on any atom is 0.341 e. The molecule has 0 atom stereocenters. The van der Waals surface area contributed by atoms with E-state index >= 15 is 0 Å². The van der Waals surface area contributed by atoms with E-state index in [9.17, 15) is 9.59 Å². The lowest BCUT2D eigenvalue weighted by atomic mass is 10.1. The number of carbonyl (C=O) groups is 2. The molecule has 0 saturated carbocycles. The number of carbonyl (C=O) groups excluding carboxylic acids is 2. The first-order chi connectivity index (χ1) is 13.5. The van der Waals surface area contributed by atoms with Gasteiger partial charge >= 0.3 is 5.97 Å². The Bertz CT molecular complexity index is 834. The molecule has 7 nitrogen and oxygen atoms in total. The van der Waals surface area contributed by atoms with Crippen molar-refractivity contribution in [1.82, 2.24) is 5.32 Å². The van der Waals surface area contributed by atoms with E-state index < -0.39 is 5.97 Å². The Morgan fingerprint density at radius 2 is 1.46 bits per heavy atom. The van der Waals surface area contributed by atoms with Crippen molar-refractivity contribution >= 4 is 11.9 Å². The van der Waals surface area contributed by atoms with E-state index in [1.165, 1.54) is 14.2 Å². The highest BCUT2D eigenvalue weighted by Gasteiger charge is 2.14. The van der Waals surface area contributed by atoms with Gasteiger partial charge in [-0.1, -0.05) is 12.1 Å². The number of esters is 1. The normalized spacial score (nSPS) is 10.1. The smallest absolute Gasteiger partial charge is 0.341 e. The fourth-order valence-corrected chi connectivity index (χ4v) is 2.72. The van der Waals surface area contributed by atoms with Crippen LogP contribution >= 0.6 is 0 Å². The maximum atomic E-state index is 12.2. The third-order valence-corrected chi connectivity index (χ3v) is 4.25. The third-order valence-electron chi connectivity index (χ3n) is 4.25. The van der Waals surface area contributed by atoms with Crippen LogP contribution < -0.4 is 19.5 Å². The van der Waals surface area contributed by atoms with Gasteiger partial charge in [0.1, 0.15) is 11.3 Å². The van der Waals surface area contributed by atoms with Gasteiger partial charge in [0, 0.05) is 13.0 Å². The van der Waals surface area contributed by atoms with Crippen molar-refractivity contribution in [2.24, 2.45) is 0 Å². The average Bonchev–Trinajstić information content (AvgIpc) is 2.75. The van der Waals surface area contributed by atoms with E-state index in [1.807, 2.05) is 18.2 Å². The fourth-order valence-electron chi connectivity index (χ4n) is 2.72. The van der Waals surface area contributed by atoms with Gasteiger partial charge in [-0.05, 0) is 41.8 Å². The monoisotopic (exact) mass is 387 g/mol. The number of rotatable bonds is 9. The van der Waals surface area contributed by atoms with E-state index in [-0.39, 0.29) is 5.91 Å². The van der Waals surface area contributed by atoms with Crippen LogP contribution in [0.4, 0.5) is 0 Å². The Morgan fingerprint density at radius 1 is 0.821 bits per heavy atom. The molecule has 2 aromatic carbocycles. The lowest BCUT2D eigenvalue weighted by Gasteiger charge is -2.11. The molecule has 0 radical (unpaired) electrons. The van der Waals surface area contributed by atoms with Gasteiger partial charge in [-0.25, -0.2) is 4.79 Å². The van der Waals surface area contributed by atoms with Crippen molar-refractivity contribution in [3.05, 3.63) is 53.1 Å². The zero-order chi connectivity index (χ0) is 20.5. The summed E-state index contributed by atoms with van der Waals surface area (Å²) < 4.78 is 20.4. The minimum Gasteiger partial charge on any atom is -0.496 e. The Balaban J connectivity index is 1.93. The second-order valence-corrected chi connectivity index (χ2v) is 5.99. The number of ether oxygens (including phenoxy) is 4. The Kier molecular flexibility index (Phi) is 7.68. The van der Waals surface area contributed by atoms with E-state index in [0.717, 1.165) is 11.1 Å². The summed E-state index contributed by atoms with van der Waals surface area (Å²) in [5, 5.41) is 2.85. The number of methoxy groups -OCH3 is 4. The van der Waals surface area contributed by atoms with Crippen LogP contribution in [0, 0.1) is 0 Å². The van der Waals surface area contributed by atoms with Crippen molar-refractivity contribution in [2.75, 3.05) is 28.4 Å². The molecule has 2 aromatic rings. The van der Waals surface area contributed by atoms with Crippen molar-refractivity contribution in [3.63, 3.8) is 0 Å². The molecular formula is C21H25NO6. The molecule has 0 aliphatic rings. The molecule has 0 aliphatic heterocycles. The lowest BCUT2D eigenvalue weighted by Crippen LogP contribution is -2.23. The molecule has 1 N–H and O–H groups in total. The van der Waals surface area contributed by atoms with E-state index in [4.69, 9.17) is 18.9 Å². The predicted octanol–water partition coefficient (Wildman–Crippen LogP) is 2.75. The summed E-state index contributed by atoms with van der Waals surface area (Å²) in [4.78, 5) is 24.0. The van der Waals surface area contributed by atoms with Gasteiger partial charge in [0.25, 0.3) is 0 Å². The van der Waals surface area contributed by atoms with Crippen LogP contribution in [-0.4, -0.2) is 40.3 Å². The van der Waals surface area contributed by atoms with Crippen LogP contribution in [0.2, 0.25) is 0 Å². The number of amides is 1. The molecule has 2 rings (SSSR count). The number of hydrogen-bond acceptors (Lipinski definition) is 6. The van der Waals surface area contributed by atoms with Crippen LogP contribution in [0.1, 0.15) is 27.9 Å². The Hall–Kier alpha value is -3.22. The number of nitrogens with one attached hydrogen (secondary N) is 1. The van der Waals surface area contributed by atoms with Gasteiger partial charge in [0.15, 0.2) is 11.5 Å². The molecular weight excluding hydrogens is 362 g/mol. The minimum atomic E-state index is -0.488. The van der Waals surface area contributed by atoms with Gasteiger partial charge in [-0.2, -0.15) is 0 Å². The first-order valence-electron chi connectivity index (χ1n) is 8.75. The molecule has 0 unspecified atom stereocenters. The van der Waals surface area contributed by atoms with Crippen LogP contribution in [0.15, 0.2) is 36.4 Å². The topological polar surface area (TPSA) is 83.1 Å². The maximum absolute atomic E-state index is 12.2. The SMILES string of the molecule is COC(=O)c1cc(CNC(=O)CCc2ccc(OC)c(OC)c2)ccc1OC. The molecule has 0 spiro atoms. The van der Waals surface area contributed by atoms with Crippen molar-refractivity contribution in [2.45, 2.75) is 19.4 Å². The standard InChI is InChI=1S/C21H25NO6/c1-25-17-8-6-15(11-16(17)21(24)28-4)13-22-20(23)10-7-14-5-9-18(26-2)19(12-14)27-3/h5-6,8-9,11-12H,7,10,13H2,1-4H3,(H,22,23). The van der Waals surface area contributed by atoms with Crippen molar-refractivity contribution in [1.29, 1.82) is 0 Å². The summed E-state index contributed by atoms with van der Waals surface area (Å²) in [6.07, 6.45) is 0.901. The molecule has 0 aliphatic carbocycles. The van der Waals surface area contributed by atoms with Gasteiger partial charge in [0.05, 0.1) is 28.4 Å². The predicted molar refractivity (Wildman–Crippen MR) is 104 cm³/mol. The second kappa shape index (κ2) is 10.2. The summed E-state index contributed by atoms with van der Waals surface area (Å²) in [7, 11) is 5.95. The molecule has 0 saturated heterocycles. The fraction of sp³-hybridized carbons (Fsp3) is 0.333. The molecule has 0 heterocycles. The molecule has 7 heteroatoms. The summed E-state index contributed by atoms with van der Waals surface area (Å²) in [6.45, 7) is 0.304. The van der Waals surface area contributed by atoms with Gasteiger partial charge in [-0.3, -0.25) is 4.79 Å². The summed E-state index contributed by atoms with van der Waals surface area (Å²) in [6, 6.07) is 10.7. The number of benzene rings is 2. The van der Waals surface area contributed by atoms with E-state index in [0.29, 0.717) is 42.2 Å². The minimum absolute atomic E-state index is 0.0924. The highest BCUT2D eigenvalue weighted by Crippen LogP contribution is 2.28. The Labute approximate surface area is 164 Å². The summed E-state index contributed by atoms with van der Waals surface area (Å²) >= 11 is 0. The van der Waals surface area contributed by atoms with Crippen LogP contribution in [0.3, 0.4) is 0 Å². The highest BCUT2D eigenvalue weighted by molar-refractivity contribution is 5.92. The number of hydrogen-bond donors (Lipinski definition) is 1. The first-order valence-corrected chi connectivity index (χ1v) is 8.75. The molecule has 1 amide bonds. The van der Waals surface area contributed by atoms with E-state index in [1.54, 1.807) is 32.4 Å². The number of aryl methyl sites for hydroxylation is 1. The summed E-state index contributed by atoms with van der Waals surface area (Å²) in [5.41, 5.74) is 2.08. The quantitative estimate of drug-likeness (QED) is 0.666.